The maximum absolute atomic E-state index is 14.2. The Morgan fingerprint density at radius 1 is 0.814 bits per heavy atom. The van der Waals surface area contributed by atoms with Gasteiger partial charge in [0.2, 0.25) is 17.7 Å². The Kier molecular flexibility index (Phi) is 14.4. The SMILES string of the molecule is Cc1ncsc1-c1ccc(CNC(=O)[C@@H]2C[C@@H](O)CN2C(=O)[C@@H](NC(=O)CN2CCN(C3CCN(c4ccc(C(=O)c5c(-c6ccc(O)cc6)sc6cc(O)ccc56)cc4)CC3)CC2)C(C)(C)C)cc1. The number of hydrogen-bond acceptors (Lipinski definition) is 13. The normalized spacial score (nSPS) is 18.8. The van der Waals surface area contributed by atoms with Crippen molar-refractivity contribution in [2.75, 3.05) is 57.3 Å². The lowest BCUT2D eigenvalue weighted by Crippen LogP contribution is -2.59. The number of aryl methyl sites for hydroxylation is 1. The number of hydrogen-bond donors (Lipinski definition) is 5. The number of nitrogens with one attached hydrogen (secondary N) is 2. The van der Waals surface area contributed by atoms with Crippen LogP contribution >= 0.6 is 22.7 Å². The molecule has 0 unspecified atom stereocenters. The molecule has 9 rings (SSSR count). The molecule has 0 aliphatic carbocycles. The Bertz CT molecular complexity index is 2840. The van der Waals surface area contributed by atoms with Gasteiger partial charge in [-0.2, -0.15) is 0 Å². The molecule has 16 heteroatoms. The van der Waals surface area contributed by atoms with Crippen molar-refractivity contribution in [2.24, 2.45) is 5.41 Å². The first-order valence-corrected chi connectivity index (χ1v) is 25.8. The van der Waals surface area contributed by atoms with E-state index in [0.717, 1.165) is 100 Å². The second kappa shape index (κ2) is 20.7. The summed E-state index contributed by atoms with van der Waals surface area (Å²) in [7, 11) is 0. The highest BCUT2D eigenvalue weighted by atomic mass is 32.1. The van der Waals surface area contributed by atoms with Gasteiger partial charge in [-0.1, -0.05) is 45.0 Å². The number of carbonyl (C=O) groups is 4. The summed E-state index contributed by atoms with van der Waals surface area (Å²) >= 11 is 3.03. The fraction of sp³-hybridized carbons (Fsp3) is 0.389. The molecule has 0 bridgehead atoms. The Hall–Kier alpha value is -6.17. The standard InChI is InChI=1S/C54H61N7O7S2/c1-33-49(69-32-56-33)36-7-5-34(6-8-36)29-55-52(67)44-27-42(64)30-61(44)53(68)51(54(2,3)4)57-46(65)31-58-23-25-60(26-24-58)39-19-21-59(22-20-39)38-13-9-35(10-14-38)48(66)47-43-18-17-41(63)28-45(43)70-50(47)37-11-15-40(62)16-12-37/h5-18,28,32,39,42,44,51,62-64H,19-27,29-31H2,1-4H3,(H,55,67)(H,57,65)/t42-,44+,51-/m1/s1. The third-order valence-corrected chi connectivity index (χ3v) is 16.2. The number of aromatic nitrogens is 1. The number of fused-ring (bicyclic) bond motifs is 1. The van der Waals surface area contributed by atoms with Crippen LogP contribution in [0.2, 0.25) is 0 Å². The van der Waals surface area contributed by atoms with Crippen molar-refractivity contribution >= 4 is 62.0 Å². The molecular weight excluding hydrogens is 923 g/mol. The van der Waals surface area contributed by atoms with Gasteiger partial charge in [-0.05, 0) is 109 Å². The molecule has 366 valence electrons. The molecule has 0 radical (unpaired) electrons. The van der Waals surface area contributed by atoms with Crippen molar-refractivity contribution in [3.05, 3.63) is 119 Å². The van der Waals surface area contributed by atoms with Crippen LogP contribution in [0.25, 0.3) is 31.0 Å². The van der Waals surface area contributed by atoms with Crippen LogP contribution in [0.15, 0.2) is 96.5 Å². The number of thiophene rings is 1. The number of β-amino-alcohol motifs (C(OH)–C–C–N with tert-alkyl or cyclic N) is 1. The van der Waals surface area contributed by atoms with Crippen LogP contribution in [0, 0.1) is 12.3 Å². The number of amides is 3. The van der Waals surface area contributed by atoms with Gasteiger partial charge in [0.1, 0.15) is 23.6 Å². The van der Waals surface area contributed by atoms with E-state index in [1.807, 2.05) is 81.7 Å². The molecule has 2 aromatic heterocycles. The first kappa shape index (κ1) is 48.8. The summed E-state index contributed by atoms with van der Waals surface area (Å²) < 4.78 is 0.812. The van der Waals surface area contributed by atoms with Gasteiger partial charge in [0, 0.05) is 96.6 Å². The lowest BCUT2D eigenvalue weighted by molar-refractivity contribution is -0.144. The monoisotopic (exact) mass is 983 g/mol. The summed E-state index contributed by atoms with van der Waals surface area (Å²) in [6.07, 6.45) is 1.25. The molecule has 3 aliphatic heterocycles. The van der Waals surface area contributed by atoms with Crippen molar-refractivity contribution in [3.8, 4) is 32.4 Å². The van der Waals surface area contributed by atoms with Crippen LogP contribution in [0.4, 0.5) is 5.69 Å². The second-order valence-electron chi connectivity index (χ2n) is 19.9. The van der Waals surface area contributed by atoms with E-state index in [0.29, 0.717) is 17.2 Å². The molecule has 3 aliphatic rings. The van der Waals surface area contributed by atoms with Gasteiger partial charge in [-0.15, -0.1) is 22.7 Å². The highest BCUT2D eigenvalue weighted by Crippen LogP contribution is 2.42. The highest BCUT2D eigenvalue weighted by molar-refractivity contribution is 7.22. The third kappa shape index (κ3) is 10.8. The first-order chi connectivity index (χ1) is 33.6. The highest BCUT2D eigenvalue weighted by Gasteiger charge is 2.44. The number of phenolic OH excluding ortho intramolecular Hbond substituents is 2. The number of thiazole rings is 1. The average molecular weight is 984 g/mol. The molecular formula is C54H61N7O7S2. The number of phenols is 2. The zero-order valence-electron chi connectivity index (χ0n) is 40.1. The van der Waals surface area contributed by atoms with Gasteiger partial charge in [-0.3, -0.25) is 29.0 Å². The maximum atomic E-state index is 14.2. The summed E-state index contributed by atoms with van der Waals surface area (Å²) in [5, 5.41) is 37.5. The second-order valence-corrected chi connectivity index (χ2v) is 21.8. The van der Waals surface area contributed by atoms with Crippen LogP contribution in [0.5, 0.6) is 11.5 Å². The van der Waals surface area contributed by atoms with E-state index < -0.39 is 23.6 Å². The van der Waals surface area contributed by atoms with E-state index in [-0.39, 0.29) is 61.1 Å². The fourth-order valence-corrected chi connectivity index (χ4v) is 12.1. The molecule has 5 heterocycles. The van der Waals surface area contributed by atoms with Crippen molar-refractivity contribution in [1.82, 2.24) is 30.3 Å². The smallest absolute Gasteiger partial charge is 0.246 e. The topological polar surface area (TPSA) is 179 Å². The summed E-state index contributed by atoms with van der Waals surface area (Å²) in [4.78, 5) is 70.3. The van der Waals surface area contributed by atoms with E-state index in [9.17, 15) is 34.5 Å². The quantitative estimate of drug-likeness (QED) is 0.0751. The third-order valence-electron chi connectivity index (χ3n) is 14.0. The van der Waals surface area contributed by atoms with Gasteiger partial charge < -0.3 is 35.8 Å². The van der Waals surface area contributed by atoms with Gasteiger partial charge in [0.05, 0.1) is 28.7 Å². The molecule has 4 aromatic carbocycles. The molecule has 3 atom stereocenters. The van der Waals surface area contributed by atoms with Gasteiger partial charge in [-0.25, -0.2) is 4.98 Å². The first-order valence-electron chi connectivity index (χ1n) is 24.1. The van der Waals surface area contributed by atoms with Crippen molar-refractivity contribution < 1.29 is 34.5 Å². The molecule has 6 aromatic rings. The number of aromatic hydroxyl groups is 2. The number of anilines is 1. The Morgan fingerprint density at radius 2 is 1.47 bits per heavy atom. The Labute approximate surface area is 416 Å². The summed E-state index contributed by atoms with van der Waals surface area (Å²) in [6, 6.07) is 26.3. The molecule has 5 N–H and O–H groups in total. The Balaban J connectivity index is 0.745. The predicted octanol–water partition coefficient (Wildman–Crippen LogP) is 7.04. The fourth-order valence-electron chi connectivity index (χ4n) is 10.1. The van der Waals surface area contributed by atoms with E-state index in [4.69, 9.17) is 0 Å². The van der Waals surface area contributed by atoms with Gasteiger partial charge in [0.25, 0.3) is 0 Å². The van der Waals surface area contributed by atoms with Crippen molar-refractivity contribution in [2.45, 2.75) is 77.7 Å². The minimum atomic E-state index is -0.895. The molecule has 0 saturated carbocycles. The number of piperidine rings is 1. The minimum Gasteiger partial charge on any atom is -0.508 e. The van der Waals surface area contributed by atoms with E-state index >= 15 is 0 Å². The van der Waals surface area contributed by atoms with Crippen LogP contribution < -0.4 is 15.5 Å². The Morgan fingerprint density at radius 3 is 2.13 bits per heavy atom. The van der Waals surface area contributed by atoms with E-state index in [1.54, 1.807) is 53.8 Å². The predicted molar refractivity (Wildman–Crippen MR) is 275 cm³/mol. The zero-order chi connectivity index (χ0) is 49.3. The van der Waals surface area contributed by atoms with Crippen LogP contribution in [0.1, 0.15) is 67.2 Å². The summed E-state index contributed by atoms with van der Waals surface area (Å²) in [5.74, 6) is -0.777. The number of aliphatic hydroxyl groups excluding tert-OH is 1. The lowest BCUT2D eigenvalue weighted by Gasteiger charge is -2.43. The largest absolute Gasteiger partial charge is 0.508 e. The van der Waals surface area contributed by atoms with Gasteiger partial charge in [0.15, 0.2) is 5.78 Å². The van der Waals surface area contributed by atoms with Crippen molar-refractivity contribution in [1.29, 1.82) is 0 Å². The number of piperazine rings is 1. The van der Waals surface area contributed by atoms with E-state index in [1.165, 1.54) is 16.2 Å². The molecule has 70 heavy (non-hydrogen) atoms. The average Bonchev–Trinajstić information content (AvgIpc) is 4.08. The number of nitrogens with zero attached hydrogens (tertiary/aromatic N) is 5. The van der Waals surface area contributed by atoms with Crippen LogP contribution in [0.3, 0.4) is 0 Å². The minimum absolute atomic E-state index is 0.0164. The van der Waals surface area contributed by atoms with Crippen molar-refractivity contribution in [3.63, 3.8) is 0 Å². The molecule has 3 fully saturated rings. The number of ketones is 1. The number of likely N-dealkylation sites (tertiary alicyclic amines) is 1. The molecule has 3 amide bonds. The van der Waals surface area contributed by atoms with Crippen LogP contribution in [-0.2, 0) is 20.9 Å². The van der Waals surface area contributed by atoms with E-state index in [2.05, 4.69) is 30.3 Å². The number of benzene rings is 4. The maximum Gasteiger partial charge on any atom is 0.246 e. The molecule has 3 saturated heterocycles. The van der Waals surface area contributed by atoms with Crippen LogP contribution in [-0.4, -0.2) is 135 Å². The van der Waals surface area contributed by atoms with Gasteiger partial charge >= 0.3 is 0 Å². The molecule has 0 spiro atoms. The number of rotatable bonds is 13. The summed E-state index contributed by atoms with van der Waals surface area (Å²) in [6.45, 7) is 13.0. The molecule has 14 nitrogen and oxygen atoms in total. The lowest BCUT2D eigenvalue weighted by atomic mass is 9.85. The number of carbonyl (C=O) groups excluding carboxylic acids is 4. The summed E-state index contributed by atoms with van der Waals surface area (Å²) in [5.41, 5.74) is 7.16. The zero-order valence-corrected chi connectivity index (χ0v) is 41.7. The number of aliphatic hydroxyl groups is 1.